The number of hydrogen-bond acceptors (Lipinski definition) is 6. The smallest absolute Gasteiger partial charge is 0.207 e. The van der Waals surface area contributed by atoms with Gasteiger partial charge in [-0.2, -0.15) is 0 Å². The molecular formula is C31H32FNO4S. The number of ether oxygens (including phenoxy) is 2. The van der Waals surface area contributed by atoms with E-state index in [4.69, 9.17) is 9.47 Å². The third-order valence-electron chi connectivity index (χ3n) is 6.96. The number of aromatic hydroxyl groups is 1. The summed E-state index contributed by atoms with van der Waals surface area (Å²) < 4.78 is 27.2. The lowest BCUT2D eigenvalue weighted by Gasteiger charge is -2.17. The summed E-state index contributed by atoms with van der Waals surface area (Å²) in [5.41, 5.74) is 1.60. The minimum atomic E-state index is -0.372. The van der Waals surface area contributed by atoms with Gasteiger partial charge in [0.05, 0.1) is 0 Å². The fraction of sp³-hybridized carbons (Fsp3) is 0.323. The lowest BCUT2D eigenvalue weighted by molar-refractivity contribution is 0.103. The molecule has 1 N–H and O–H groups in total. The zero-order valence-corrected chi connectivity index (χ0v) is 22.7. The van der Waals surface area contributed by atoms with Crippen LogP contribution in [0.1, 0.15) is 52.5 Å². The first-order valence-electron chi connectivity index (χ1n) is 13.1. The molecule has 38 heavy (non-hydrogen) atoms. The first kappa shape index (κ1) is 26.2. The lowest BCUT2D eigenvalue weighted by Crippen LogP contribution is -2.25. The Kier molecular flexibility index (Phi) is 7.68. The van der Waals surface area contributed by atoms with Crippen LogP contribution in [-0.2, 0) is 0 Å². The SMILES string of the molecule is CCCCN1CC[C@H](Oc2ccc(Oc3c(C(=O)c4c(C)cc(F)cc4C)sc4cc(O)ccc34)cc2)C1. The summed E-state index contributed by atoms with van der Waals surface area (Å²) in [4.78, 5) is 16.6. The van der Waals surface area contributed by atoms with E-state index in [-0.39, 0.29) is 23.5 Å². The van der Waals surface area contributed by atoms with Gasteiger partial charge in [0.15, 0.2) is 5.75 Å². The number of phenolic OH excluding ortho intramolecular Hbond substituents is 1. The van der Waals surface area contributed by atoms with Gasteiger partial charge in [0, 0.05) is 28.7 Å². The third kappa shape index (κ3) is 5.54. The van der Waals surface area contributed by atoms with Crippen molar-refractivity contribution < 1.29 is 23.8 Å². The maximum absolute atomic E-state index is 13.9. The zero-order valence-electron chi connectivity index (χ0n) is 21.9. The molecule has 7 heteroatoms. The van der Waals surface area contributed by atoms with Crippen LogP contribution in [0, 0.1) is 19.7 Å². The molecule has 0 unspecified atom stereocenters. The van der Waals surface area contributed by atoms with Gasteiger partial charge in [-0.05, 0) is 99.0 Å². The van der Waals surface area contributed by atoms with Crippen molar-refractivity contribution in [1.29, 1.82) is 0 Å². The highest BCUT2D eigenvalue weighted by Crippen LogP contribution is 2.43. The maximum atomic E-state index is 13.9. The summed E-state index contributed by atoms with van der Waals surface area (Å²) in [6, 6.07) is 15.1. The summed E-state index contributed by atoms with van der Waals surface area (Å²) in [7, 11) is 0. The average molecular weight is 534 g/mol. The molecule has 0 aliphatic carbocycles. The molecule has 0 radical (unpaired) electrons. The molecule has 5 rings (SSSR count). The number of carbonyl (C=O) groups excluding carboxylic acids is 1. The van der Waals surface area contributed by atoms with Crippen molar-refractivity contribution in [1.82, 2.24) is 4.90 Å². The topological polar surface area (TPSA) is 59.0 Å². The summed E-state index contributed by atoms with van der Waals surface area (Å²) in [6.07, 6.45) is 3.60. The van der Waals surface area contributed by atoms with Crippen LogP contribution in [0.4, 0.5) is 4.39 Å². The minimum absolute atomic E-state index is 0.111. The number of rotatable bonds is 9. The van der Waals surface area contributed by atoms with Crippen LogP contribution in [0.3, 0.4) is 0 Å². The second-order valence-electron chi connectivity index (χ2n) is 9.94. The molecule has 1 aliphatic heterocycles. The molecule has 1 atom stereocenters. The highest BCUT2D eigenvalue weighted by Gasteiger charge is 2.26. The van der Waals surface area contributed by atoms with Gasteiger partial charge in [-0.15, -0.1) is 11.3 Å². The molecule has 2 heterocycles. The Morgan fingerprint density at radius 3 is 2.50 bits per heavy atom. The Morgan fingerprint density at radius 2 is 1.79 bits per heavy atom. The Bertz CT molecular complexity index is 1440. The van der Waals surface area contributed by atoms with Crippen LogP contribution in [0.15, 0.2) is 54.6 Å². The summed E-state index contributed by atoms with van der Waals surface area (Å²) >= 11 is 1.25. The molecule has 0 amide bonds. The number of unbranched alkanes of at least 4 members (excludes halogenated alkanes) is 1. The number of fused-ring (bicyclic) bond motifs is 1. The summed E-state index contributed by atoms with van der Waals surface area (Å²) in [5.74, 6) is 1.29. The van der Waals surface area contributed by atoms with Crippen molar-refractivity contribution in [2.75, 3.05) is 19.6 Å². The molecule has 0 bridgehead atoms. The van der Waals surface area contributed by atoms with E-state index in [9.17, 15) is 14.3 Å². The Balaban J connectivity index is 1.40. The van der Waals surface area contributed by atoms with Gasteiger partial charge >= 0.3 is 0 Å². The van der Waals surface area contributed by atoms with E-state index in [1.807, 2.05) is 24.3 Å². The van der Waals surface area contributed by atoms with Crippen LogP contribution in [0.25, 0.3) is 10.1 Å². The van der Waals surface area contributed by atoms with Crippen molar-refractivity contribution in [3.63, 3.8) is 0 Å². The number of thiophene rings is 1. The van der Waals surface area contributed by atoms with E-state index >= 15 is 0 Å². The normalized spacial score (nSPS) is 15.7. The average Bonchev–Trinajstić information content (AvgIpc) is 3.47. The van der Waals surface area contributed by atoms with Crippen LogP contribution >= 0.6 is 11.3 Å². The number of ketones is 1. The number of halogens is 1. The van der Waals surface area contributed by atoms with E-state index < -0.39 is 0 Å². The number of likely N-dealkylation sites (tertiary alicyclic amines) is 1. The minimum Gasteiger partial charge on any atom is -0.508 e. The number of aryl methyl sites for hydroxylation is 2. The van der Waals surface area contributed by atoms with Gasteiger partial charge < -0.3 is 14.6 Å². The number of nitrogens with zero attached hydrogens (tertiary/aromatic N) is 1. The van der Waals surface area contributed by atoms with Crippen molar-refractivity contribution >= 4 is 27.2 Å². The monoisotopic (exact) mass is 533 g/mol. The summed E-state index contributed by atoms with van der Waals surface area (Å²) in [5, 5.41) is 10.8. The van der Waals surface area contributed by atoms with Gasteiger partial charge in [0.1, 0.15) is 34.0 Å². The highest BCUT2D eigenvalue weighted by atomic mass is 32.1. The Morgan fingerprint density at radius 1 is 1.08 bits per heavy atom. The van der Waals surface area contributed by atoms with E-state index in [0.29, 0.717) is 33.1 Å². The molecule has 1 saturated heterocycles. The number of benzene rings is 3. The van der Waals surface area contributed by atoms with E-state index in [2.05, 4.69) is 11.8 Å². The molecule has 198 valence electrons. The molecule has 4 aromatic rings. The highest BCUT2D eigenvalue weighted by molar-refractivity contribution is 7.21. The van der Waals surface area contributed by atoms with Gasteiger partial charge in [-0.25, -0.2) is 4.39 Å². The fourth-order valence-corrected chi connectivity index (χ4v) is 6.18. The van der Waals surface area contributed by atoms with Crippen molar-refractivity contribution in [2.45, 2.75) is 46.1 Å². The van der Waals surface area contributed by atoms with Crippen LogP contribution < -0.4 is 9.47 Å². The maximum Gasteiger partial charge on any atom is 0.207 e. The lowest BCUT2D eigenvalue weighted by atomic mass is 9.97. The quantitative estimate of drug-likeness (QED) is 0.224. The number of hydrogen-bond donors (Lipinski definition) is 1. The second kappa shape index (κ2) is 11.1. The number of phenols is 1. The van der Waals surface area contributed by atoms with E-state index in [1.54, 1.807) is 32.0 Å². The number of carbonyl (C=O) groups is 1. The molecule has 0 saturated carbocycles. The van der Waals surface area contributed by atoms with Crippen LogP contribution in [0.5, 0.6) is 23.0 Å². The van der Waals surface area contributed by atoms with Crippen LogP contribution in [-0.4, -0.2) is 41.5 Å². The summed E-state index contributed by atoms with van der Waals surface area (Å²) in [6.45, 7) is 8.80. The Hall–Kier alpha value is -3.42. The predicted octanol–water partition coefficient (Wildman–Crippen LogP) is 7.64. The molecular weight excluding hydrogens is 501 g/mol. The zero-order chi connectivity index (χ0) is 26.8. The van der Waals surface area contributed by atoms with Crippen LogP contribution in [0.2, 0.25) is 0 Å². The predicted molar refractivity (Wildman–Crippen MR) is 150 cm³/mol. The van der Waals surface area contributed by atoms with E-state index in [1.165, 1.54) is 36.3 Å². The van der Waals surface area contributed by atoms with Crippen molar-refractivity contribution in [3.8, 4) is 23.0 Å². The van der Waals surface area contributed by atoms with Crippen molar-refractivity contribution in [2.24, 2.45) is 0 Å². The van der Waals surface area contributed by atoms with Gasteiger partial charge in [0.2, 0.25) is 5.78 Å². The first-order valence-corrected chi connectivity index (χ1v) is 13.9. The standard InChI is InChI=1S/C31H32FNO4S/c1-4-5-13-33-14-12-25(18-33)36-23-7-9-24(10-8-23)37-30-26-11-6-22(34)17-27(26)38-31(30)29(35)28-19(2)15-21(32)16-20(28)3/h6-11,15-17,25,34H,4-5,12-14,18H2,1-3H3/t25-/m0/s1. The molecule has 5 nitrogen and oxygen atoms in total. The van der Waals surface area contributed by atoms with E-state index in [0.717, 1.165) is 41.9 Å². The second-order valence-corrected chi connectivity index (χ2v) is 11.0. The fourth-order valence-electron chi connectivity index (χ4n) is 5.07. The van der Waals surface area contributed by atoms with Gasteiger partial charge in [0.25, 0.3) is 0 Å². The van der Waals surface area contributed by atoms with Gasteiger partial charge in [-0.3, -0.25) is 9.69 Å². The Labute approximate surface area is 226 Å². The molecule has 1 aromatic heterocycles. The third-order valence-corrected chi connectivity index (χ3v) is 8.09. The molecule has 1 aliphatic rings. The van der Waals surface area contributed by atoms with Crippen molar-refractivity contribution in [3.05, 3.63) is 82.0 Å². The largest absolute Gasteiger partial charge is 0.508 e. The van der Waals surface area contributed by atoms with Gasteiger partial charge in [-0.1, -0.05) is 13.3 Å². The molecule has 1 fully saturated rings. The molecule has 0 spiro atoms. The molecule has 3 aromatic carbocycles. The first-order chi connectivity index (χ1) is 18.3.